The Bertz CT molecular complexity index is 1190. The molecule has 0 bridgehead atoms. The Morgan fingerprint density at radius 3 is 2.44 bits per heavy atom. The lowest BCUT2D eigenvalue weighted by Gasteiger charge is -2.13. The summed E-state index contributed by atoms with van der Waals surface area (Å²) in [6.07, 6.45) is 1.69. The molecule has 1 heterocycles. The van der Waals surface area contributed by atoms with Crippen LogP contribution in [0.25, 0.3) is 32.7 Å². The van der Waals surface area contributed by atoms with Crippen molar-refractivity contribution < 1.29 is 0 Å². The molecule has 0 saturated heterocycles. The maximum absolute atomic E-state index is 9.53. The summed E-state index contributed by atoms with van der Waals surface area (Å²) in [7, 11) is 0. The van der Waals surface area contributed by atoms with E-state index < -0.39 is 0 Å². The molecule has 0 amide bonds. The topological polar surface area (TPSA) is 62.7 Å². The Morgan fingerprint density at radius 2 is 1.72 bits per heavy atom. The molecule has 4 rings (SSSR count). The molecule has 3 aromatic carbocycles. The molecule has 2 N–H and O–H groups in total. The summed E-state index contributed by atoms with van der Waals surface area (Å²) < 4.78 is 0. The van der Waals surface area contributed by atoms with Gasteiger partial charge in [0.05, 0.1) is 10.0 Å². The number of aromatic nitrogens is 1. The van der Waals surface area contributed by atoms with E-state index in [1.165, 1.54) is 0 Å². The molecule has 0 aliphatic rings. The first-order chi connectivity index (χ1) is 12.1. The predicted molar refractivity (Wildman–Crippen MR) is 104 cm³/mol. The Balaban J connectivity index is 2.18. The van der Waals surface area contributed by atoms with E-state index in [9.17, 15) is 5.26 Å². The van der Waals surface area contributed by atoms with Crippen LogP contribution in [-0.2, 0) is 0 Å². The van der Waals surface area contributed by atoms with Gasteiger partial charge in [0.15, 0.2) is 0 Å². The number of benzene rings is 3. The standard InChI is InChI=1S/C20H11Cl2N3/c21-17-6-5-11(8-18(17)22)15-7-12-10-25-20(24)16(9-23)19(12)14-4-2-1-3-13(14)15/h1-8,10H,(H2,24,25). The Hall–Kier alpha value is -2.80. The summed E-state index contributed by atoms with van der Waals surface area (Å²) in [6.45, 7) is 0. The molecule has 0 spiro atoms. The summed E-state index contributed by atoms with van der Waals surface area (Å²) in [5.74, 6) is 0.238. The number of nitrogens with zero attached hydrogens (tertiary/aromatic N) is 2. The normalized spacial score (nSPS) is 10.9. The molecule has 1 aromatic heterocycles. The van der Waals surface area contributed by atoms with Gasteiger partial charge in [0.2, 0.25) is 0 Å². The van der Waals surface area contributed by atoms with Crippen LogP contribution in [0.1, 0.15) is 5.56 Å². The van der Waals surface area contributed by atoms with Crippen LogP contribution in [0.15, 0.2) is 54.7 Å². The highest BCUT2D eigenvalue weighted by Crippen LogP contribution is 2.38. The fourth-order valence-corrected chi connectivity index (χ4v) is 3.42. The van der Waals surface area contributed by atoms with Crippen LogP contribution in [0.2, 0.25) is 10.0 Å². The maximum atomic E-state index is 9.53. The van der Waals surface area contributed by atoms with Gasteiger partial charge in [0, 0.05) is 17.0 Å². The van der Waals surface area contributed by atoms with E-state index in [1.807, 2.05) is 42.5 Å². The van der Waals surface area contributed by atoms with E-state index in [1.54, 1.807) is 12.3 Å². The van der Waals surface area contributed by atoms with Crippen LogP contribution < -0.4 is 5.73 Å². The third-order valence-electron chi connectivity index (χ3n) is 4.27. The van der Waals surface area contributed by atoms with Crippen molar-refractivity contribution >= 4 is 50.6 Å². The van der Waals surface area contributed by atoms with Crippen LogP contribution in [0.5, 0.6) is 0 Å². The zero-order valence-electron chi connectivity index (χ0n) is 12.9. The molecular formula is C20H11Cl2N3. The molecule has 0 aliphatic carbocycles. The molecule has 0 saturated carbocycles. The molecule has 0 atom stereocenters. The number of pyridine rings is 1. The van der Waals surface area contributed by atoms with Gasteiger partial charge in [-0.2, -0.15) is 5.26 Å². The summed E-state index contributed by atoms with van der Waals surface area (Å²) >= 11 is 12.2. The number of anilines is 1. The highest BCUT2D eigenvalue weighted by atomic mass is 35.5. The van der Waals surface area contributed by atoms with Gasteiger partial charge >= 0.3 is 0 Å². The Kier molecular flexibility index (Phi) is 3.73. The van der Waals surface area contributed by atoms with Gasteiger partial charge in [-0.15, -0.1) is 0 Å². The summed E-state index contributed by atoms with van der Waals surface area (Å²) in [5.41, 5.74) is 8.25. The van der Waals surface area contributed by atoms with Crippen LogP contribution >= 0.6 is 23.2 Å². The van der Waals surface area contributed by atoms with E-state index in [-0.39, 0.29) is 5.82 Å². The van der Waals surface area contributed by atoms with Crippen molar-refractivity contribution in [2.24, 2.45) is 0 Å². The number of nitriles is 1. The molecule has 0 aliphatic heterocycles. The second-order valence-electron chi connectivity index (χ2n) is 5.69. The largest absolute Gasteiger partial charge is 0.383 e. The van der Waals surface area contributed by atoms with E-state index in [4.69, 9.17) is 28.9 Å². The van der Waals surface area contributed by atoms with Crippen molar-refractivity contribution in [2.75, 3.05) is 5.73 Å². The average Bonchev–Trinajstić information content (AvgIpc) is 2.63. The minimum absolute atomic E-state index is 0.238. The monoisotopic (exact) mass is 363 g/mol. The van der Waals surface area contributed by atoms with Gasteiger partial charge in [-0.3, -0.25) is 0 Å². The second kappa shape index (κ2) is 5.93. The third-order valence-corrected chi connectivity index (χ3v) is 5.01. The summed E-state index contributed by atoms with van der Waals surface area (Å²) in [5, 5.41) is 14.2. The third kappa shape index (κ3) is 2.47. The van der Waals surface area contributed by atoms with Crippen molar-refractivity contribution in [3.8, 4) is 17.2 Å². The van der Waals surface area contributed by atoms with Gasteiger partial charge in [-0.1, -0.05) is 53.5 Å². The van der Waals surface area contributed by atoms with Crippen molar-refractivity contribution in [2.45, 2.75) is 0 Å². The van der Waals surface area contributed by atoms with Crippen molar-refractivity contribution in [1.82, 2.24) is 4.98 Å². The number of nitrogen functional groups attached to an aromatic ring is 1. The van der Waals surface area contributed by atoms with Crippen molar-refractivity contribution in [3.05, 3.63) is 70.3 Å². The minimum atomic E-state index is 0.238. The van der Waals surface area contributed by atoms with E-state index >= 15 is 0 Å². The van der Waals surface area contributed by atoms with Crippen molar-refractivity contribution in [1.29, 1.82) is 5.26 Å². The predicted octanol–water partition coefficient (Wildman–Crippen LogP) is 5.82. The Labute approximate surface area is 154 Å². The first kappa shape index (κ1) is 15.7. The first-order valence-corrected chi connectivity index (χ1v) is 8.31. The van der Waals surface area contributed by atoms with Gasteiger partial charge in [-0.25, -0.2) is 4.98 Å². The zero-order chi connectivity index (χ0) is 17.6. The molecule has 25 heavy (non-hydrogen) atoms. The smallest absolute Gasteiger partial charge is 0.141 e. The maximum Gasteiger partial charge on any atom is 0.141 e. The molecule has 0 radical (unpaired) electrons. The average molecular weight is 364 g/mol. The number of hydrogen-bond acceptors (Lipinski definition) is 3. The molecule has 120 valence electrons. The minimum Gasteiger partial charge on any atom is -0.383 e. The summed E-state index contributed by atoms with van der Waals surface area (Å²) in [6, 6.07) is 17.6. The van der Waals surface area contributed by atoms with E-state index in [0.717, 1.165) is 32.7 Å². The lowest BCUT2D eigenvalue weighted by Crippen LogP contribution is -1.96. The number of fused-ring (bicyclic) bond motifs is 3. The molecule has 0 unspecified atom stereocenters. The fraction of sp³-hybridized carbons (Fsp3) is 0. The lowest BCUT2D eigenvalue weighted by molar-refractivity contribution is 1.35. The highest BCUT2D eigenvalue weighted by molar-refractivity contribution is 6.42. The van der Waals surface area contributed by atoms with Crippen LogP contribution in [0.4, 0.5) is 5.82 Å². The van der Waals surface area contributed by atoms with Crippen LogP contribution in [-0.4, -0.2) is 4.98 Å². The van der Waals surface area contributed by atoms with Crippen LogP contribution in [0, 0.1) is 11.3 Å². The second-order valence-corrected chi connectivity index (χ2v) is 6.51. The number of hydrogen-bond donors (Lipinski definition) is 1. The van der Waals surface area contributed by atoms with Crippen LogP contribution in [0.3, 0.4) is 0 Å². The molecule has 0 fully saturated rings. The molecule has 4 aromatic rings. The van der Waals surface area contributed by atoms with Gasteiger partial charge in [0.1, 0.15) is 17.5 Å². The fourth-order valence-electron chi connectivity index (χ4n) is 3.13. The number of rotatable bonds is 1. The number of nitrogens with two attached hydrogens (primary N) is 1. The quantitative estimate of drug-likeness (QED) is 0.433. The SMILES string of the molecule is N#Cc1c(N)ncc2cc(-c3ccc(Cl)c(Cl)c3)c3ccccc3c12. The molecular weight excluding hydrogens is 353 g/mol. The summed E-state index contributed by atoms with van der Waals surface area (Å²) in [4.78, 5) is 4.16. The van der Waals surface area contributed by atoms with Gasteiger partial charge in [0.25, 0.3) is 0 Å². The lowest BCUT2D eigenvalue weighted by atomic mass is 9.92. The van der Waals surface area contributed by atoms with E-state index in [0.29, 0.717) is 15.6 Å². The number of halogens is 2. The highest BCUT2D eigenvalue weighted by Gasteiger charge is 2.14. The van der Waals surface area contributed by atoms with Crippen molar-refractivity contribution in [3.63, 3.8) is 0 Å². The van der Waals surface area contributed by atoms with E-state index in [2.05, 4.69) is 11.1 Å². The first-order valence-electron chi connectivity index (χ1n) is 7.55. The Morgan fingerprint density at radius 1 is 0.960 bits per heavy atom. The zero-order valence-corrected chi connectivity index (χ0v) is 14.4. The van der Waals surface area contributed by atoms with Gasteiger partial charge in [-0.05, 0) is 40.1 Å². The molecule has 5 heteroatoms. The molecule has 3 nitrogen and oxygen atoms in total. The van der Waals surface area contributed by atoms with Gasteiger partial charge < -0.3 is 5.73 Å².